The third-order valence-corrected chi connectivity index (χ3v) is 7.28. The van der Waals surface area contributed by atoms with Crippen LogP contribution in [0.3, 0.4) is 0 Å². The average Bonchev–Trinajstić information content (AvgIpc) is 3.13. The molecule has 5 aromatic carbocycles. The molecule has 1 aliphatic carbocycles. The molecule has 0 aliphatic heterocycles. The molecule has 33 heavy (non-hydrogen) atoms. The standard InChI is InChI=1S/C31H21BrO/c32-30-14-8-7-13-29(30)31(33)27-17-15-23(21-9-3-1-4-10-21)19-25(27)26-20-24(16-18-28(26)31)22-11-5-2-6-12-22/h1-20,33H. The molecule has 5 aromatic rings. The maximum Gasteiger partial charge on any atom is 0.142 e. The van der Waals surface area contributed by atoms with Gasteiger partial charge in [-0.3, -0.25) is 0 Å². The van der Waals surface area contributed by atoms with E-state index in [1.807, 2.05) is 36.4 Å². The van der Waals surface area contributed by atoms with E-state index in [-0.39, 0.29) is 0 Å². The van der Waals surface area contributed by atoms with Crippen molar-refractivity contribution in [2.45, 2.75) is 5.60 Å². The van der Waals surface area contributed by atoms with Crippen molar-refractivity contribution in [3.63, 3.8) is 0 Å². The summed E-state index contributed by atoms with van der Waals surface area (Å²) in [7, 11) is 0. The van der Waals surface area contributed by atoms with Gasteiger partial charge in [-0.25, -0.2) is 0 Å². The third-order valence-electron chi connectivity index (χ3n) is 6.59. The Hall–Kier alpha value is -3.46. The van der Waals surface area contributed by atoms with Gasteiger partial charge in [-0.1, -0.05) is 119 Å². The van der Waals surface area contributed by atoms with Crippen LogP contribution in [0, 0.1) is 0 Å². The summed E-state index contributed by atoms with van der Waals surface area (Å²) in [6.45, 7) is 0. The van der Waals surface area contributed by atoms with Crippen molar-refractivity contribution < 1.29 is 5.11 Å². The first kappa shape index (κ1) is 20.2. The fourth-order valence-corrected chi connectivity index (χ4v) is 5.55. The summed E-state index contributed by atoms with van der Waals surface area (Å²) in [4.78, 5) is 0. The van der Waals surface area contributed by atoms with Gasteiger partial charge in [0, 0.05) is 21.2 Å². The second-order valence-corrected chi connectivity index (χ2v) is 9.30. The lowest BCUT2D eigenvalue weighted by Gasteiger charge is -2.28. The molecule has 1 N–H and O–H groups in total. The number of aliphatic hydroxyl groups is 1. The Labute approximate surface area is 202 Å². The number of benzene rings is 5. The highest BCUT2D eigenvalue weighted by Gasteiger charge is 2.44. The molecule has 0 unspecified atom stereocenters. The lowest BCUT2D eigenvalue weighted by molar-refractivity contribution is 0.130. The predicted molar refractivity (Wildman–Crippen MR) is 139 cm³/mol. The van der Waals surface area contributed by atoms with Crippen LogP contribution >= 0.6 is 15.9 Å². The second kappa shape index (κ2) is 7.84. The summed E-state index contributed by atoms with van der Waals surface area (Å²) in [6.07, 6.45) is 0. The summed E-state index contributed by atoms with van der Waals surface area (Å²) < 4.78 is 0.894. The first-order valence-corrected chi connectivity index (χ1v) is 11.8. The highest BCUT2D eigenvalue weighted by atomic mass is 79.9. The van der Waals surface area contributed by atoms with Crippen LogP contribution in [0.5, 0.6) is 0 Å². The summed E-state index contributed by atoms with van der Waals surface area (Å²) >= 11 is 3.69. The molecule has 6 rings (SSSR count). The lowest BCUT2D eigenvalue weighted by Crippen LogP contribution is -2.26. The molecular formula is C31H21BrO. The zero-order valence-electron chi connectivity index (χ0n) is 17.9. The van der Waals surface area contributed by atoms with Crippen LogP contribution in [0.2, 0.25) is 0 Å². The molecule has 0 fully saturated rings. The van der Waals surface area contributed by atoms with E-state index in [2.05, 4.69) is 101 Å². The maximum absolute atomic E-state index is 12.3. The second-order valence-electron chi connectivity index (χ2n) is 8.44. The summed E-state index contributed by atoms with van der Waals surface area (Å²) in [5.74, 6) is 0. The van der Waals surface area contributed by atoms with Gasteiger partial charge in [-0.05, 0) is 51.6 Å². The van der Waals surface area contributed by atoms with Gasteiger partial charge in [0.1, 0.15) is 5.60 Å². The Balaban J connectivity index is 1.63. The van der Waals surface area contributed by atoms with E-state index >= 15 is 0 Å². The van der Waals surface area contributed by atoms with Gasteiger partial charge in [-0.15, -0.1) is 0 Å². The number of hydrogen-bond acceptors (Lipinski definition) is 1. The molecule has 0 saturated carbocycles. The van der Waals surface area contributed by atoms with Crippen molar-refractivity contribution >= 4 is 15.9 Å². The monoisotopic (exact) mass is 488 g/mol. The van der Waals surface area contributed by atoms with E-state index < -0.39 is 5.60 Å². The molecule has 2 heteroatoms. The topological polar surface area (TPSA) is 20.2 Å². The van der Waals surface area contributed by atoms with E-state index in [0.717, 1.165) is 54.5 Å². The molecule has 0 atom stereocenters. The number of hydrogen-bond donors (Lipinski definition) is 1. The summed E-state index contributed by atoms with van der Waals surface area (Å²) in [6, 6.07) is 41.5. The smallest absolute Gasteiger partial charge is 0.142 e. The molecule has 1 aliphatic rings. The fourth-order valence-electron chi connectivity index (χ4n) is 4.98. The quantitative estimate of drug-likeness (QED) is 0.272. The zero-order chi connectivity index (χ0) is 22.4. The van der Waals surface area contributed by atoms with Crippen LogP contribution in [0.25, 0.3) is 33.4 Å². The molecule has 0 radical (unpaired) electrons. The van der Waals surface area contributed by atoms with Crippen LogP contribution in [-0.4, -0.2) is 5.11 Å². The normalized spacial score (nSPS) is 13.4. The Morgan fingerprint density at radius 1 is 0.455 bits per heavy atom. The maximum atomic E-state index is 12.3. The van der Waals surface area contributed by atoms with Gasteiger partial charge in [-0.2, -0.15) is 0 Å². The highest BCUT2D eigenvalue weighted by molar-refractivity contribution is 9.10. The minimum absolute atomic E-state index is 0.852. The zero-order valence-corrected chi connectivity index (χ0v) is 19.5. The van der Waals surface area contributed by atoms with Gasteiger partial charge < -0.3 is 5.11 Å². The van der Waals surface area contributed by atoms with Crippen LogP contribution in [-0.2, 0) is 5.60 Å². The molecule has 0 spiro atoms. The summed E-state index contributed by atoms with van der Waals surface area (Å²) in [5.41, 5.74) is 8.20. The first-order chi connectivity index (χ1) is 16.2. The Bertz CT molecular complexity index is 1380. The third kappa shape index (κ3) is 3.18. The van der Waals surface area contributed by atoms with Gasteiger partial charge in [0.05, 0.1) is 0 Å². The molecular weight excluding hydrogens is 468 g/mol. The number of fused-ring (bicyclic) bond motifs is 3. The molecule has 0 heterocycles. The fraction of sp³-hybridized carbons (Fsp3) is 0.0323. The van der Waals surface area contributed by atoms with E-state index in [4.69, 9.17) is 0 Å². The van der Waals surface area contributed by atoms with E-state index in [0.29, 0.717) is 0 Å². The van der Waals surface area contributed by atoms with Crippen LogP contribution in [0.15, 0.2) is 126 Å². The molecule has 0 saturated heterocycles. The van der Waals surface area contributed by atoms with Crippen molar-refractivity contribution in [2.24, 2.45) is 0 Å². The van der Waals surface area contributed by atoms with Crippen molar-refractivity contribution in [2.75, 3.05) is 0 Å². The Morgan fingerprint density at radius 3 is 1.39 bits per heavy atom. The van der Waals surface area contributed by atoms with E-state index in [1.54, 1.807) is 0 Å². The van der Waals surface area contributed by atoms with Gasteiger partial charge in [0.15, 0.2) is 0 Å². The predicted octanol–water partition coefficient (Wildman–Crippen LogP) is 8.05. The number of rotatable bonds is 3. The van der Waals surface area contributed by atoms with Crippen molar-refractivity contribution in [1.82, 2.24) is 0 Å². The van der Waals surface area contributed by atoms with Crippen LogP contribution in [0.4, 0.5) is 0 Å². The van der Waals surface area contributed by atoms with Gasteiger partial charge in [0.25, 0.3) is 0 Å². The minimum atomic E-state index is -1.23. The minimum Gasteiger partial charge on any atom is -0.376 e. The molecule has 158 valence electrons. The van der Waals surface area contributed by atoms with E-state index in [9.17, 15) is 5.11 Å². The van der Waals surface area contributed by atoms with E-state index in [1.165, 1.54) is 0 Å². The SMILES string of the molecule is OC1(c2ccccc2Br)c2ccc(-c3ccccc3)cc2-c2cc(-c3ccccc3)ccc21. The largest absolute Gasteiger partial charge is 0.376 e. The molecule has 0 amide bonds. The first-order valence-electron chi connectivity index (χ1n) is 11.0. The van der Waals surface area contributed by atoms with Gasteiger partial charge >= 0.3 is 0 Å². The lowest BCUT2D eigenvalue weighted by atomic mass is 9.83. The average molecular weight is 489 g/mol. The van der Waals surface area contributed by atoms with Crippen molar-refractivity contribution in [3.8, 4) is 33.4 Å². The highest BCUT2D eigenvalue weighted by Crippen LogP contribution is 2.53. The number of halogens is 1. The summed E-state index contributed by atoms with van der Waals surface area (Å²) in [5, 5.41) is 12.3. The molecule has 0 bridgehead atoms. The van der Waals surface area contributed by atoms with Crippen molar-refractivity contribution in [3.05, 3.63) is 142 Å². The Morgan fingerprint density at radius 2 is 0.909 bits per heavy atom. The van der Waals surface area contributed by atoms with Crippen molar-refractivity contribution in [1.29, 1.82) is 0 Å². The molecule has 0 aromatic heterocycles. The van der Waals surface area contributed by atoms with Gasteiger partial charge in [0.2, 0.25) is 0 Å². The Kier molecular flexibility index (Phi) is 4.79. The van der Waals surface area contributed by atoms with Crippen LogP contribution < -0.4 is 0 Å². The molecule has 1 nitrogen and oxygen atoms in total. The van der Waals surface area contributed by atoms with Crippen LogP contribution in [0.1, 0.15) is 16.7 Å².